The van der Waals surface area contributed by atoms with Crippen LogP contribution in [0.4, 0.5) is 13.2 Å². The fraction of sp³-hybridized carbons (Fsp3) is 0.320. The number of hydrogen-bond donors (Lipinski definition) is 1. The minimum absolute atomic E-state index is 0.0801. The number of nitrogens with one attached hydrogen (secondary N) is 1. The molecule has 6 nitrogen and oxygen atoms in total. The zero-order chi connectivity index (χ0) is 24.7. The SMILES string of the molecule is Cc1cc(-c2cccc(C(F)(F)F)c2)ccc1C(=O)N1CC(N2CC(NC(=O)c3nccs3)C2)C1. The van der Waals surface area contributed by atoms with Gasteiger partial charge < -0.3 is 10.2 Å². The Morgan fingerprint density at radius 2 is 1.80 bits per heavy atom. The molecule has 10 heteroatoms. The lowest BCUT2D eigenvalue weighted by molar-refractivity contribution is -0.137. The van der Waals surface area contributed by atoms with E-state index in [0.717, 1.165) is 30.8 Å². The number of thiazole rings is 1. The van der Waals surface area contributed by atoms with Crippen LogP contribution in [-0.2, 0) is 6.18 Å². The van der Waals surface area contributed by atoms with E-state index < -0.39 is 11.7 Å². The van der Waals surface area contributed by atoms with E-state index >= 15 is 0 Å². The fourth-order valence-corrected chi connectivity index (χ4v) is 5.00. The van der Waals surface area contributed by atoms with Gasteiger partial charge in [0.2, 0.25) is 0 Å². The molecule has 2 amide bonds. The fourth-order valence-electron chi connectivity index (χ4n) is 4.47. The third kappa shape index (κ3) is 4.81. The van der Waals surface area contributed by atoms with Crippen LogP contribution in [0.2, 0.25) is 0 Å². The molecule has 0 atom stereocenters. The van der Waals surface area contributed by atoms with Crippen molar-refractivity contribution < 1.29 is 22.8 Å². The van der Waals surface area contributed by atoms with Crippen molar-refractivity contribution in [2.45, 2.75) is 25.2 Å². The van der Waals surface area contributed by atoms with Crippen LogP contribution in [-0.4, -0.2) is 64.9 Å². The number of alkyl halides is 3. The first-order chi connectivity index (χ1) is 16.7. The van der Waals surface area contributed by atoms with Crippen molar-refractivity contribution in [3.8, 4) is 11.1 Å². The molecule has 182 valence electrons. The molecule has 0 radical (unpaired) electrons. The Hall–Kier alpha value is -3.24. The number of halogens is 3. The van der Waals surface area contributed by atoms with Crippen molar-refractivity contribution in [1.82, 2.24) is 20.1 Å². The highest BCUT2D eigenvalue weighted by Gasteiger charge is 2.41. The third-order valence-electron chi connectivity index (χ3n) is 6.52. The standard InChI is InChI=1S/C25H23F3N4O2S/c1-15-9-17(16-3-2-4-18(10-16)25(26,27)28)5-6-21(15)24(34)32-13-20(14-32)31-11-19(12-31)30-22(33)23-29-7-8-35-23/h2-10,19-20H,11-14H2,1H3,(H,30,33). The van der Waals surface area contributed by atoms with Crippen LogP contribution in [0.3, 0.4) is 0 Å². The van der Waals surface area contributed by atoms with Gasteiger partial charge in [0, 0.05) is 49.4 Å². The molecule has 1 N–H and O–H groups in total. The van der Waals surface area contributed by atoms with Gasteiger partial charge in [-0.2, -0.15) is 13.2 Å². The molecule has 2 aromatic carbocycles. The van der Waals surface area contributed by atoms with Crippen LogP contribution in [0, 0.1) is 6.92 Å². The average molecular weight is 501 g/mol. The summed E-state index contributed by atoms with van der Waals surface area (Å²) in [6.45, 7) is 4.51. The highest BCUT2D eigenvalue weighted by Crippen LogP contribution is 2.33. The Morgan fingerprint density at radius 3 is 2.46 bits per heavy atom. The molecule has 3 aromatic rings. The van der Waals surface area contributed by atoms with E-state index in [0.29, 0.717) is 34.8 Å². The summed E-state index contributed by atoms with van der Waals surface area (Å²) >= 11 is 1.31. The molecule has 0 spiro atoms. The Kier molecular flexibility index (Phi) is 6.10. The lowest BCUT2D eigenvalue weighted by atomic mass is 9.95. The number of rotatable bonds is 5. The van der Waals surface area contributed by atoms with E-state index in [9.17, 15) is 22.8 Å². The number of likely N-dealkylation sites (tertiary alicyclic amines) is 2. The molecule has 0 saturated carbocycles. The number of carbonyl (C=O) groups excluding carboxylic acids is 2. The Bertz CT molecular complexity index is 1250. The maximum atomic E-state index is 13.0. The van der Waals surface area contributed by atoms with Crippen molar-refractivity contribution in [2.75, 3.05) is 26.2 Å². The number of benzene rings is 2. The summed E-state index contributed by atoms with van der Waals surface area (Å²) < 4.78 is 39.1. The van der Waals surface area contributed by atoms with Crippen LogP contribution in [0.15, 0.2) is 54.0 Å². The van der Waals surface area contributed by atoms with Gasteiger partial charge in [-0.05, 0) is 41.8 Å². The molecule has 0 aliphatic carbocycles. The molecule has 0 unspecified atom stereocenters. The molecule has 0 bridgehead atoms. The number of aromatic nitrogens is 1. The second-order valence-electron chi connectivity index (χ2n) is 8.93. The molecule has 3 heterocycles. The van der Waals surface area contributed by atoms with Gasteiger partial charge in [-0.1, -0.05) is 24.3 Å². The molecular formula is C25H23F3N4O2S. The summed E-state index contributed by atoms with van der Waals surface area (Å²) in [6.07, 6.45) is -2.80. The number of nitrogens with zero attached hydrogens (tertiary/aromatic N) is 3. The van der Waals surface area contributed by atoms with E-state index in [1.807, 2.05) is 0 Å². The van der Waals surface area contributed by atoms with Crippen LogP contribution in [0.5, 0.6) is 0 Å². The van der Waals surface area contributed by atoms with Crippen LogP contribution in [0.25, 0.3) is 11.1 Å². The monoisotopic (exact) mass is 500 g/mol. The second-order valence-corrected chi connectivity index (χ2v) is 9.83. The summed E-state index contributed by atoms with van der Waals surface area (Å²) in [7, 11) is 0. The van der Waals surface area contributed by atoms with Gasteiger partial charge in [0.1, 0.15) is 0 Å². The normalized spacial score (nSPS) is 17.1. The summed E-state index contributed by atoms with van der Waals surface area (Å²) in [6, 6.07) is 10.7. The third-order valence-corrected chi connectivity index (χ3v) is 7.29. The lowest BCUT2D eigenvalue weighted by Crippen LogP contribution is -2.70. The van der Waals surface area contributed by atoms with Crippen molar-refractivity contribution in [2.24, 2.45) is 0 Å². The van der Waals surface area contributed by atoms with Crippen LogP contribution >= 0.6 is 11.3 Å². The molecular weight excluding hydrogens is 477 g/mol. The zero-order valence-corrected chi connectivity index (χ0v) is 19.7. The predicted octanol–water partition coefficient (Wildman–Crippen LogP) is 4.08. The second kappa shape index (κ2) is 9.09. The van der Waals surface area contributed by atoms with Gasteiger partial charge in [0.25, 0.3) is 11.8 Å². The minimum atomic E-state index is -4.40. The van der Waals surface area contributed by atoms with Gasteiger partial charge >= 0.3 is 6.18 Å². The van der Waals surface area contributed by atoms with Gasteiger partial charge in [0.15, 0.2) is 5.01 Å². The maximum absolute atomic E-state index is 13.0. The number of amides is 2. The largest absolute Gasteiger partial charge is 0.416 e. The zero-order valence-electron chi connectivity index (χ0n) is 18.9. The van der Waals surface area contributed by atoms with Gasteiger partial charge in [-0.3, -0.25) is 14.5 Å². The van der Waals surface area contributed by atoms with E-state index in [4.69, 9.17) is 0 Å². The van der Waals surface area contributed by atoms with Crippen molar-refractivity contribution in [3.63, 3.8) is 0 Å². The van der Waals surface area contributed by atoms with Gasteiger partial charge in [0.05, 0.1) is 11.6 Å². The Labute approximate surface area is 204 Å². The average Bonchev–Trinajstić information content (AvgIpc) is 3.30. The number of hydrogen-bond acceptors (Lipinski definition) is 5. The number of aryl methyl sites for hydroxylation is 1. The molecule has 5 rings (SSSR count). The molecule has 35 heavy (non-hydrogen) atoms. The first-order valence-electron chi connectivity index (χ1n) is 11.2. The summed E-state index contributed by atoms with van der Waals surface area (Å²) in [4.78, 5) is 33.1. The molecule has 2 aliphatic heterocycles. The summed E-state index contributed by atoms with van der Waals surface area (Å²) in [5.74, 6) is -0.234. The lowest BCUT2D eigenvalue weighted by Gasteiger charge is -2.51. The summed E-state index contributed by atoms with van der Waals surface area (Å²) in [5.41, 5.74) is 1.67. The molecule has 2 saturated heterocycles. The quantitative estimate of drug-likeness (QED) is 0.574. The van der Waals surface area contributed by atoms with E-state index in [2.05, 4.69) is 15.2 Å². The van der Waals surface area contributed by atoms with Crippen molar-refractivity contribution >= 4 is 23.2 Å². The van der Waals surface area contributed by atoms with Gasteiger partial charge in [-0.25, -0.2) is 4.98 Å². The molecule has 2 fully saturated rings. The molecule has 2 aliphatic rings. The first-order valence-corrected chi connectivity index (χ1v) is 12.1. The van der Waals surface area contributed by atoms with Gasteiger partial charge in [-0.15, -0.1) is 11.3 Å². The smallest absolute Gasteiger partial charge is 0.345 e. The number of carbonyl (C=O) groups is 2. The van der Waals surface area contributed by atoms with E-state index in [1.165, 1.54) is 17.4 Å². The van der Waals surface area contributed by atoms with Crippen LogP contribution in [0.1, 0.15) is 31.3 Å². The maximum Gasteiger partial charge on any atom is 0.416 e. The minimum Gasteiger partial charge on any atom is -0.345 e. The highest BCUT2D eigenvalue weighted by molar-refractivity contribution is 7.11. The Morgan fingerprint density at radius 1 is 1.06 bits per heavy atom. The van der Waals surface area contributed by atoms with Crippen molar-refractivity contribution in [1.29, 1.82) is 0 Å². The van der Waals surface area contributed by atoms with E-state index in [-0.39, 0.29) is 23.9 Å². The van der Waals surface area contributed by atoms with Crippen LogP contribution < -0.4 is 5.32 Å². The Balaban J connectivity index is 1.15. The molecule has 1 aromatic heterocycles. The first kappa shape index (κ1) is 23.5. The van der Waals surface area contributed by atoms with E-state index in [1.54, 1.807) is 47.7 Å². The predicted molar refractivity (Wildman–Crippen MR) is 126 cm³/mol. The van der Waals surface area contributed by atoms with Crippen molar-refractivity contribution in [3.05, 3.63) is 75.7 Å². The highest BCUT2D eigenvalue weighted by atomic mass is 32.1. The summed E-state index contributed by atoms with van der Waals surface area (Å²) in [5, 5.41) is 5.20. The topological polar surface area (TPSA) is 65.5 Å².